The van der Waals surface area contributed by atoms with Crippen molar-refractivity contribution in [3.8, 4) is 0 Å². The van der Waals surface area contributed by atoms with E-state index < -0.39 is 5.54 Å². The molecule has 1 aromatic rings. The lowest BCUT2D eigenvalue weighted by Gasteiger charge is -2.38. The molecule has 19 heavy (non-hydrogen) atoms. The number of esters is 1. The summed E-state index contributed by atoms with van der Waals surface area (Å²) in [4.78, 5) is 14.7. The van der Waals surface area contributed by atoms with Gasteiger partial charge in [0.1, 0.15) is 5.54 Å². The van der Waals surface area contributed by atoms with E-state index in [4.69, 9.17) is 4.74 Å². The number of benzene rings is 1. The highest BCUT2D eigenvalue weighted by Crippen LogP contribution is 2.30. The number of carbonyl (C=O) groups excluding carboxylic acids is 1. The van der Waals surface area contributed by atoms with Crippen molar-refractivity contribution in [2.45, 2.75) is 39.7 Å². The van der Waals surface area contributed by atoms with Gasteiger partial charge in [0.25, 0.3) is 0 Å². The van der Waals surface area contributed by atoms with Gasteiger partial charge in [-0.05, 0) is 38.9 Å². The summed E-state index contributed by atoms with van der Waals surface area (Å²) in [7, 11) is 0. The predicted molar refractivity (Wildman–Crippen MR) is 78.0 cm³/mol. The Morgan fingerprint density at radius 2 is 1.84 bits per heavy atom. The minimum atomic E-state index is -0.706. The summed E-state index contributed by atoms with van der Waals surface area (Å²) < 4.78 is 5.31. The van der Waals surface area contributed by atoms with Crippen LogP contribution in [0.15, 0.2) is 30.3 Å². The van der Waals surface area contributed by atoms with E-state index in [1.165, 1.54) is 0 Å². The van der Waals surface area contributed by atoms with E-state index in [0.29, 0.717) is 6.61 Å². The van der Waals surface area contributed by atoms with Crippen molar-refractivity contribution in [3.63, 3.8) is 0 Å². The first-order valence-corrected chi connectivity index (χ1v) is 7.08. The highest BCUT2D eigenvalue weighted by molar-refractivity contribution is 5.82. The maximum absolute atomic E-state index is 12.5. The van der Waals surface area contributed by atoms with Crippen molar-refractivity contribution >= 4 is 5.97 Å². The van der Waals surface area contributed by atoms with Crippen LogP contribution in [0.2, 0.25) is 0 Å². The molecule has 0 bridgehead atoms. The number of rotatable bonds is 7. The summed E-state index contributed by atoms with van der Waals surface area (Å²) in [6.45, 7) is 10.1. The molecule has 0 aliphatic rings. The Kier molecular flexibility index (Phi) is 6.03. The van der Waals surface area contributed by atoms with Crippen LogP contribution in [0.25, 0.3) is 0 Å². The van der Waals surface area contributed by atoms with Gasteiger partial charge in [-0.1, -0.05) is 44.2 Å². The zero-order chi connectivity index (χ0) is 14.3. The molecule has 0 amide bonds. The molecule has 0 heterocycles. The second-order valence-corrected chi connectivity index (χ2v) is 4.74. The zero-order valence-corrected chi connectivity index (χ0v) is 12.5. The summed E-state index contributed by atoms with van der Waals surface area (Å²) in [5.41, 5.74) is 0.283. The third-order valence-corrected chi connectivity index (χ3v) is 3.52. The summed E-state index contributed by atoms with van der Waals surface area (Å²) in [6, 6.07) is 9.88. The molecule has 1 aromatic carbocycles. The van der Waals surface area contributed by atoms with Crippen molar-refractivity contribution in [3.05, 3.63) is 35.9 Å². The lowest BCUT2D eigenvalue weighted by atomic mass is 9.89. The molecule has 1 rings (SSSR count). The third-order valence-electron chi connectivity index (χ3n) is 3.52. The van der Waals surface area contributed by atoms with E-state index in [9.17, 15) is 4.79 Å². The second kappa shape index (κ2) is 7.29. The number of carbonyl (C=O) groups is 1. The molecule has 0 saturated heterocycles. The van der Waals surface area contributed by atoms with Crippen LogP contribution >= 0.6 is 0 Å². The zero-order valence-electron chi connectivity index (χ0n) is 12.5. The summed E-state index contributed by atoms with van der Waals surface area (Å²) >= 11 is 0. The Labute approximate surface area is 116 Å². The fourth-order valence-electron chi connectivity index (χ4n) is 2.43. The largest absolute Gasteiger partial charge is 0.464 e. The third kappa shape index (κ3) is 3.35. The molecule has 0 spiro atoms. The van der Waals surface area contributed by atoms with Gasteiger partial charge in [-0.25, -0.2) is 4.79 Å². The van der Waals surface area contributed by atoms with Gasteiger partial charge in [0.05, 0.1) is 6.61 Å². The molecule has 3 heteroatoms. The van der Waals surface area contributed by atoms with E-state index in [0.717, 1.165) is 25.1 Å². The number of nitrogens with zero attached hydrogens (tertiary/aromatic N) is 1. The van der Waals surface area contributed by atoms with Gasteiger partial charge in [-0.3, -0.25) is 4.90 Å². The first kappa shape index (κ1) is 15.7. The molecule has 0 fully saturated rings. The number of hydrogen-bond acceptors (Lipinski definition) is 3. The van der Waals surface area contributed by atoms with Crippen LogP contribution in [0, 0.1) is 0 Å². The molecular weight excluding hydrogens is 238 g/mol. The van der Waals surface area contributed by atoms with E-state index in [1.54, 1.807) is 0 Å². The molecule has 0 aliphatic heterocycles. The van der Waals surface area contributed by atoms with Crippen molar-refractivity contribution in [1.82, 2.24) is 4.90 Å². The average molecular weight is 263 g/mol. The Hall–Kier alpha value is -1.35. The number of hydrogen-bond donors (Lipinski definition) is 0. The van der Waals surface area contributed by atoms with E-state index in [2.05, 4.69) is 18.7 Å². The van der Waals surface area contributed by atoms with E-state index in [1.807, 2.05) is 44.2 Å². The molecule has 0 radical (unpaired) electrons. The summed E-state index contributed by atoms with van der Waals surface area (Å²) in [5, 5.41) is 0. The van der Waals surface area contributed by atoms with Crippen LogP contribution in [0.1, 0.15) is 39.7 Å². The van der Waals surface area contributed by atoms with Gasteiger partial charge < -0.3 is 4.74 Å². The lowest BCUT2D eigenvalue weighted by Crippen LogP contribution is -2.51. The normalized spacial score (nSPS) is 14.2. The highest BCUT2D eigenvalue weighted by Gasteiger charge is 2.41. The van der Waals surface area contributed by atoms with Crippen LogP contribution in [-0.2, 0) is 15.1 Å². The van der Waals surface area contributed by atoms with Crippen LogP contribution in [0.4, 0.5) is 0 Å². The summed E-state index contributed by atoms with van der Waals surface area (Å²) in [6.07, 6.45) is 1.01. The Morgan fingerprint density at radius 1 is 1.21 bits per heavy atom. The van der Waals surface area contributed by atoms with Crippen LogP contribution in [-0.4, -0.2) is 30.6 Å². The van der Waals surface area contributed by atoms with Crippen molar-refractivity contribution in [1.29, 1.82) is 0 Å². The SMILES string of the molecule is CCCN(CC)C(C)(C(=O)OCC)c1ccccc1. The average Bonchev–Trinajstić information content (AvgIpc) is 2.45. The van der Waals surface area contributed by atoms with Crippen molar-refractivity contribution in [2.24, 2.45) is 0 Å². The number of likely N-dealkylation sites (N-methyl/N-ethyl adjacent to an activating group) is 1. The van der Waals surface area contributed by atoms with Gasteiger partial charge in [-0.15, -0.1) is 0 Å². The molecule has 1 atom stereocenters. The quantitative estimate of drug-likeness (QED) is 0.708. The first-order valence-electron chi connectivity index (χ1n) is 7.08. The van der Waals surface area contributed by atoms with Crippen LogP contribution < -0.4 is 0 Å². The Balaban J connectivity index is 3.19. The van der Waals surface area contributed by atoms with Crippen LogP contribution in [0.3, 0.4) is 0 Å². The van der Waals surface area contributed by atoms with Crippen molar-refractivity contribution in [2.75, 3.05) is 19.7 Å². The minimum Gasteiger partial charge on any atom is -0.464 e. The van der Waals surface area contributed by atoms with Gasteiger partial charge in [0, 0.05) is 0 Å². The van der Waals surface area contributed by atoms with Crippen LogP contribution in [0.5, 0.6) is 0 Å². The molecule has 0 aromatic heterocycles. The maximum Gasteiger partial charge on any atom is 0.330 e. The minimum absolute atomic E-state index is 0.170. The Morgan fingerprint density at radius 3 is 2.32 bits per heavy atom. The smallest absolute Gasteiger partial charge is 0.330 e. The van der Waals surface area contributed by atoms with Gasteiger partial charge in [-0.2, -0.15) is 0 Å². The molecule has 0 N–H and O–H groups in total. The highest BCUT2D eigenvalue weighted by atomic mass is 16.5. The first-order chi connectivity index (χ1) is 9.11. The van der Waals surface area contributed by atoms with Gasteiger partial charge in [0.15, 0.2) is 0 Å². The lowest BCUT2D eigenvalue weighted by molar-refractivity contribution is -0.157. The van der Waals surface area contributed by atoms with E-state index in [-0.39, 0.29) is 5.97 Å². The maximum atomic E-state index is 12.5. The Bertz CT molecular complexity index is 391. The topological polar surface area (TPSA) is 29.5 Å². The molecular formula is C16H25NO2. The molecule has 1 unspecified atom stereocenters. The van der Waals surface area contributed by atoms with Gasteiger partial charge >= 0.3 is 5.97 Å². The predicted octanol–water partition coefficient (Wildman–Crippen LogP) is 3.20. The molecule has 0 saturated carbocycles. The molecule has 3 nitrogen and oxygen atoms in total. The van der Waals surface area contributed by atoms with Gasteiger partial charge in [0.2, 0.25) is 0 Å². The standard InChI is InChI=1S/C16H25NO2/c1-5-13-17(6-2)16(4,15(18)19-7-3)14-11-9-8-10-12-14/h8-12H,5-7,13H2,1-4H3. The van der Waals surface area contributed by atoms with E-state index >= 15 is 0 Å². The number of ether oxygens (including phenoxy) is 1. The monoisotopic (exact) mass is 263 g/mol. The molecule has 106 valence electrons. The fraction of sp³-hybridized carbons (Fsp3) is 0.562. The molecule has 0 aliphatic carbocycles. The van der Waals surface area contributed by atoms with Crippen molar-refractivity contribution < 1.29 is 9.53 Å². The second-order valence-electron chi connectivity index (χ2n) is 4.74. The fourth-order valence-corrected chi connectivity index (χ4v) is 2.43. The summed E-state index contributed by atoms with van der Waals surface area (Å²) in [5.74, 6) is -0.170.